The molecule has 0 spiro atoms. The highest BCUT2D eigenvalue weighted by atomic mass is 35.5. The minimum Gasteiger partial charge on any atom is -0.480 e. The van der Waals surface area contributed by atoms with Crippen molar-refractivity contribution < 1.29 is 9.90 Å². The van der Waals surface area contributed by atoms with Crippen molar-refractivity contribution in [2.45, 2.75) is 19.4 Å². The third kappa shape index (κ3) is 6.09. The molecule has 0 rings (SSSR count). The lowest BCUT2D eigenvalue weighted by Crippen LogP contribution is -2.33. The van der Waals surface area contributed by atoms with E-state index in [1.807, 2.05) is 6.92 Å². The Morgan fingerprint density at radius 1 is 1.64 bits per heavy atom. The van der Waals surface area contributed by atoms with Gasteiger partial charge in [0.15, 0.2) is 0 Å². The van der Waals surface area contributed by atoms with Gasteiger partial charge in [-0.2, -0.15) is 0 Å². The van der Waals surface area contributed by atoms with Gasteiger partial charge in [0, 0.05) is 0 Å². The number of rotatable bonds is 4. The lowest BCUT2D eigenvalue weighted by Gasteiger charge is -2.10. The molecule has 0 radical (unpaired) electrons. The van der Waals surface area contributed by atoms with Crippen LogP contribution in [0, 0.1) is 5.92 Å². The number of aliphatic carboxylic acids is 1. The molecule has 0 saturated heterocycles. The van der Waals surface area contributed by atoms with Gasteiger partial charge in [-0.15, -0.1) is 12.4 Å². The van der Waals surface area contributed by atoms with Crippen LogP contribution in [-0.2, 0) is 4.79 Å². The van der Waals surface area contributed by atoms with Gasteiger partial charge in [-0.3, -0.25) is 4.79 Å². The van der Waals surface area contributed by atoms with Gasteiger partial charge in [-0.1, -0.05) is 6.92 Å². The van der Waals surface area contributed by atoms with Crippen molar-refractivity contribution in [2.24, 2.45) is 17.4 Å². The zero-order valence-corrected chi connectivity index (χ0v) is 7.30. The smallest absolute Gasteiger partial charge is 0.320 e. The molecule has 0 saturated carbocycles. The number of hydrogen-bond acceptors (Lipinski definition) is 3. The molecule has 0 aliphatic heterocycles. The summed E-state index contributed by atoms with van der Waals surface area (Å²) in [7, 11) is 0. The standard InChI is InChI=1S/C6H14N2O2.ClH/c1-4(3-7)2-5(8)6(9)10;/h4-5H,2-3,7-8H2,1H3,(H,9,10);1H/t4?,5-;/m0./s1. The summed E-state index contributed by atoms with van der Waals surface area (Å²) in [5, 5.41) is 8.36. The zero-order valence-electron chi connectivity index (χ0n) is 6.49. The molecule has 0 aromatic carbocycles. The van der Waals surface area contributed by atoms with E-state index in [1.165, 1.54) is 0 Å². The van der Waals surface area contributed by atoms with E-state index in [2.05, 4.69) is 0 Å². The fourth-order valence-electron chi connectivity index (χ4n) is 0.631. The van der Waals surface area contributed by atoms with Crippen LogP contribution in [0.3, 0.4) is 0 Å². The Morgan fingerprint density at radius 3 is 2.36 bits per heavy atom. The molecule has 0 aliphatic rings. The van der Waals surface area contributed by atoms with Gasteiger partial charge in [0.25, 0.3) is 0 Å². The second kappa shape index (κ2) is 6.39. The number of carboxylic acids is 1. The molecule has 0 aromatic heterocycles. The van der Waals surface area contributed by atoms with E-state index in [-0.39, 0.29) is 18.3 Å². The molecule has 5 N–H and O–H groups in total. The third-order valence-electron chi connectivity index (χ3n) is 1.38. The first-order valence-corrected chi connectivity index (χ1v) is 3.26. The number of carboxylic acid groups (broad SMARTS) is 1. The lowest BCUT2D eigenvalue weighted by atomic mass is 10.0. The molecular formula is C6H15ClN2O2. The largest absolute Gasteiger partial charge is 0.480 e. The molecule has 1 unspecified atom stereocenters. The second-order valence-electron chi connectivity index (χ2n) is 2.52. The first kappa shape index (κ1) is 13.3. The predicted molar refractivity (Wildman–Crippen MR) is 45.7 cm³/mol. The van der Waals surface area contributed by atoms with Crippen LogP contribution in [0.5, 0.6) is 0 Å². The van der Waals surface area contributed by atoms with Crippen molar-refractivity contribution in [1.29, 1.82) is 0 Å². The second-order valence-corrected chi connectivity index (χ2v) is 2.52. The lowest BCUT2D eigenvalue weighted by molar-refractivity contribution is -0.138. The van der Waals surface area contributed by atoms with Crippen molar-refractivity contribution >= 4 is 18.4 Å². The van der Waals surface area contributed by atoms with Crippen molar-refractivity contribution in [3.05, 3.63) is 0 Å². The molecule has 0 bridgehead atoms. The van der Waals surface area contributed by atoms with Crippen molar-refractivity contribution in [3.8, 4) is 0 Å². The summed E-state index contributed by atoms with van der Waals surface area (Å²) in [6.45, 7) is 2.36. The highest BCUT2D eigenvalue weighted by Gasteiger charge is 2.13. The Hall–Kier alpha value is -0.320. The molecule has 2 atom stereocenters. The van der Waals surface area contributed by atoms with Crippen molar-refractivity contribution in [2.75, 3.05) is 6.54 Å². The molecule has 0 aliphatic carbocycles. The minimum atomic E-state index is -0.958. The van der Waals surface area contributed by atoms with Gasteiger partial charge in [0.05, 0.1) is 0 Å². The summed E-state index contributed by atoms with van der Waals surface area (Å²) in [6.07, 6.45) is 0.450. The summed E-state index contributed by atoms with van der Waals surface area (Å²) in [5.74, 6) is -0.772. The van der Waals surface area contributed by atoms with E-state index < -0.39 is 12.0 Å². The number of hydrogen-bond donors (Lipinski definition) is 3. The third-order valence-corrected chi connectivity index (χ3v) is 1.38. The zero-order chi connectivity index (χ0) is 8.15. The number of nitrogens with two attached hydrogens (primary N) is 2. The maximum absolute atomic E-state index is 10.2. The molecule has 4 nitrogen and oxygen atoms in total. The summed E-state index contributed by atoms with van der Waals surface area (Å²) in [6, 6.07) is -0.765. The maximum Gasteiger partial charge on any atom is 0.320 e. The minimum absolute atomic E-state index is 0. The summed E-state index contributed by atoms with van der Waals surface area (Å²) in [5.41, 5.74) is 10.5. The van der Waals surface area contributed by atoms with E-state index in [1.54, 1.807) is 0 Å². The van der Waals surface area contributed by atoms with Gasteiger partial charge < -0.3 is 16.6 Å². The predicted octanol–water partition coefficient (Wildman–Crippen LogP) is -0.195. The van der Waals surface area contributed by atoms with E-state index in [4.69, 9.17) is 16.6 Å². The van der Waals surface area contributed by atoms with Crippen LogP contribution < -0.4 is 11.5 Å². The Bertz CT molecular complexity index is 121. The Kier molecular flexibility index (Phi) is 7.72. The van der Waals surface area contributed by atoms with Crippen LogP contribution in [0.2, 0.25) is 0 Å². The fraction of sp³-hybridized carbons (Fsp3) is 0.833. The maximum atomic E-state index is 10.2. The molecule has 11 heavy (non-hydrogen) atoms. The van der Waals surface area contributed by atoms with Crippen molar-refractivity contribution in [1.82, 2.24) is 0 Å². The van der Waals surface area contributed by atoms with Gasteiger partial charge in [0.1, 0.15) is 6.04 Å². The SMILES string of the molecule is CC(CN)C[C@H](N)C(=O)O.Cl. The fourth-order valence-corrected chi connectivity index (χ4v) is 0.631. The van der Waals surface area contributed by atoms with Crippen LogP contribution in [0.4, 0.5) is 0 Å². The quantitative estimate of drug-likeness (QED) is 0.562. The Morgan fingerprint density at radius 2 is 2.09 bits per heavy atom. The van der Waals surface area contributed by atoms with Crippen molar-refractivity contribution in [3.63, 3.8) is 0 Å². The van der Waals surface area contributed by atoms with E-state index >= 15 is 0 Å². The number of halogens is 1. The van der Waals surface area contributed by atoms with Crippen LogP contribution in [0.15, 0.2) is 0 Å². The highest BCUT2D eigenvalue weighted by Crippen LogP contribution is 2.01. The van der Waals surface area contributed by atoms with Gasteiger partial charge >= 0.3 is 5.97 Å². The Labute approximate surface area is 72.4 Å². The van der Waals surface area contributed by atoms with Crippen LogP contribution in [-0.4, -0.2) is 23.7 Å². The highest BCUT2D eigenvalue weighted by molar-refractivity contribution is 5.85. The monoisotopic (exact) mass is 182 g/mol. The van der Waals surface area contributed by atoms with Crippen LogP contribution >= 0.6 is 12.4 Å². The van der Waals surface area contributed by atoms with Gasteiger partial charge in [-0.05, 0) is 18.9 Å². The molecule has 0 heterocycles. The topological polar surface area (TPSA) is 89.3 Å². The Balaban J connectivity index is 0. The van der Waals surface area contributed by atoms with E-state index in [9.17, 15) is 4.79 Å². The summed E-state index contributed by atoms with van der Waals surface area (Å²) < 4.78 is 0. The molecule has 68 valence electrons. The normalized spacial score (nSPS) is 14.8. The molecular weight excluding hydrogens is 168 g/mol. The first-order chi connectivity index (χ1) is 4.57. The molecule has 0 amide bonds. The van der Waals surface area contributed by atoms with Gasteiger partial charge in [-0.25, -0.2) is 0 Å². The summed E-state index contributed by atoms with van der Waals surface area (Å²) in [4.78, 5) is 10.2. The van der Waals surface area contributed by atoms with Gasteiger partial charge in [0.2, 0.25) is 0 Å². The molecule has 5 heteroatoms. The molecule has 0 aromatic rings. The van der Waals surface area contributed by atoms with Crippen LogP contribution in [0.1, 0.15) is 13.3 Å². The average Bonchev–Trinajstić information content (AvgIpc) is 1.87. The molecule has 0 fully saturated rings. The average molecular weight is 183 g/mol. The van der Waals surface area contributed by atoms with E-state index in [0.29, 0.717) is 13.0 Å². The van der Waals surface area contributed by atoms with Crippen LogP contribution in [0.25, 0.3) is 0 Å². The summed E-state index contributed by atoms with van der Waals surface area (Å²) >= 11 is 0. The van der Waals surface area contributed by atoms with E-state index in [0.717, 1.165) is 0 Å². The first-order valence-electron chi connectivity index (χ1n) is 3.26. The number of carbonyl (C=O) groups is 1.